The summed E-state index contributed by atoms with van der Waals surface area (Å²) in [6.45, 7) is 0.422. The Labute approximate surface area is 441 Å². The normalized spacial score (nSPS) is 10.3. The van der Waals surface area contributed by atoms with E-state index in [2.05, 4.69) is 48.1 Å². The van der Waals surface area contributed by atoms with Crippen molar-refractivity contribution >= 4 is 68.6 Å². The number of nitrogens with zero attached hydrogens (tertiary/aromatic N) is 4. The van der Waals surface area contributed by atoms with Crippen molar-refractivity contribution in [3.8, 4) is 58.1 Å². The molecule has 2 heterocycles. The van der Waals surface area contributed by atoms with Crippen LogP contribution in [0.3, 0.4) is 0 Å². The van der Waals surface area contributed by atoms with E-state index >= 15 is 0 Å². The summed E-state index contributed by atoms with van der Waals surface area (Å²) in [6, 6.07) is 41.1. The Kier molecular flexibility index (Phi) is 18.9. The number of nitrogens with one attached hydrogen (secondary N) is 4. The van der Waals surface area contributed by atoms with Gasteiger partial charge in [-0.25, -0.2) is 9.59 Å². The number of carbonyl (C=O) groups is 4. The van der Waals surface area contributed by atoms with Crippen LogP contribution in [-0.2, 0) is 14.3 Å². The number of esters is 1. The van der Waals surface area contributed by atoms with E-state index in [0.29, 0.717) is 109 Å². The number of fused-ring (bicyclic) bond motifs is 2. The molecule has 0 bridgehead atoms. The van der Waals surface area contributed by atoms with Gasteiger partial charge in [0.25, 0.3) is 0 Å². The number of benzene rings is 6. The lowest BCUT2D eigenvalue weighted by Crippen LogP contribution is -2.19. The summed E-state index contributed by atoms with van der Waals surface area (Å²) in [6.07, 6.45) is 4.17. The highest BCUT2D eigenvalue weighted by atomic mass is 16.5. The maximum absolute atomic E-state index is 12.3. The van der Waals surface area contributed by atoms with Gasteiger partial charge in [-0.2, -0.15) is 10.5 Å². The molecule has 0 aliphatic carbocycles. The number of carboxylic acids is 1. The fourth-order valence-corrected chi connectivity index (χ4v) is 7.20. The second kappa shape index (κ2) is 26.9. The van der Waals surface area contributed by atoms with Crippen LogP contribution in [0.25, 0.3) is 21.8 Å². The van der Waals surface area contributed by atoms with E-state index in [1.165, 1.54) is 7.11 Å². The van der Waals surface area contributed by atoms with Gasteiger partial charge in [-0.3, -0.25) is 19.6 Å². The number of anilines is 4. The lowest BCUT2D eigenvalue weighted by atomic mass is 10.1. The molecule has 6 aromatic carbocycles. The summed E-state index contributed by atoms with van der Waals surface area (Å²) >= 11 is 0. The number of amides is 4. The Hall–Kier alpha value is -10.6. The molecular weight excluding hydrogens is 989 g/mol. The zero-order chi connectivity index (χ0) is 54.5. The number of hydrogen-bond donors (Lipinski definition) is 5. The molecule has 0 radical (unpaired) electrons. The molecule has 0 unspecified atom stereocenters. The fraction of sp³-hybridized carbons (Fsp3) is 0.158. The number of aromatic nitrogens is 2. The molecule has 5 N–H and O–H groups in total. The largest absolute Gasteiger partial charge is 0.497 e. The monoisotopic (exact) mass is 1040 g/mol. The molecule has 2 aromatic heterocycles. The maximum atomic E-state index is 12.3. The van der Waals surface area contributed by atoms with Crippen LogP contribution in [0, 0.1) is 22.7 Å². The van der Waals surface area contributed by atoms with E-state index in [1.807, 2.05) is 0 Å². The third-order valence-corrected chi connectivity index (χ3v) is 11.0. The number of nitriles is 2. The van der Waals surface area contributed by atoms with Crippen LogP contribution in [0.1, 0.15) is 36.8 Å². The summed E-state index contributed by atoms with van der Waals surface area (Å²) in [7, 11) is 4.48. The van der Waals surface area contributed by atoms with E-state index < -0.39 is 12.0 Å². The average Bonchev–Trinajstić information content (AvgIpc) is 3.44. The molecule has 8 aromatic rings. The molecule has 0 aliphatic rings. The number of methoxy groups -OCH3 is 3. The van der Waals surface area contributed by atoms with Crippen LogP contribution in [0.15, 0.2) is 146 Å². The van der Waals surface area contributed by atoms with Gasteiger partial charge in [0.2, 0.25) is 0 Å². The summed E-state index contributed by atoms with van der Waals surface area (Å²) in [4.78, 5) is 55.3. The highest BCUT2D eigenvalue weighted by Gasteiger charge is 2.15. The predicted octanol–water partition coefficient (Wildman–Crippen LogP) is 11.7. The van der Waals surface area contributed by atoms with E-state index in [4.69, 9.17) is 33.5 Å². The number of aliphatic carboxylic acids is 1. The lowest BCUT2D eigenvalue weighted by molar-refractivity contribution is -0.141. The first-order valence-corrected chi connectivity index (χ1v) is 23.6. The Bertz CT molecular complexity index is 3440. The average molecular weight is 1040 g/mol. The third kappa shape index (κ3) is 15.7. The van der Waals surface area contributed by atoms with E-state index in [-0.39, 0.29) is 43.6 Å². The number of urea groups is 2. The van der Waals surface area contributed by atoms with Gasteiger partial charge in [-0.05, 0) is 134 Å². The van der Waals surface area contributed by atoms with Crippen molar-refractivity contribution in [3.63, 3.8) is 0 Å². The first kappa shape index (κ1) is 54.2. The van der Waals surface area contributed by atoms with Gasteiger partial charge in [0, 0.05) is 70.9 Å². The number of pyridine rings is 2. The second-order valence-corrected chi connectivity index (χ2v) is 16.3. The molecule has 77 heavy (non-hydrogen) atoms. The Morgan fingerprint density at radius 2 is 0.857 bits per heavy atom. The number of carbonyl (C=O) groups excluding carboxylic acids is 3. The summed E-state index contributed by atoms with van der Waals surface area (Å²) in [5.74, 6) is 2.92. The quantitative estimate of drug-likeness (QED) is 0.0350. The highest BCUT2D eigenvalue weighted by molar-refractivity contribution is 6.00. The molecule has 0 aliphatic heterocycles. The van der Waals surface area contributed by atoms with Crippen molar-refractivity contribution < 1.29 is 57.4 Å². The highest BCUT2D eigenvalue weighted by Crippen LogP contribution is 2.35. The van der Waals surface area contributed by atoms with Gasteiger partial charge in [0.05, 0.1) is 56.7 Å². The predicted molar refractivity (Wildman–Crippen MR) is 286 cm³/mol. The van der Waals surface area contributed by atoms with Gasteiger partial charge in [-0.1, -0.05) is 0 Å². The molecule has 0 fully saturated rings. The molecule has 0 saturated heterocycles. The minimum atomic E-state index is -0.906. The van der Waals surface area contributed by atoms with Gasteiger partial charge < -0.3 is 59.5 Å². The van der Waals surface area contributed by atoms with Crippen molar-refractivity contribution in [1.82, 2.24) is 9.97 Å². The molecule has 20 heteroatoms. The van der Waals surface area contributed by atoms with Crippen LogP contribution in [0.2, 0.25) is 0 Å². The second-order valence-electron chi connectivity index (χ2n) is 16.3. The zero-order valence-corrected chi connectivity index (χ0v) is 41.8. The summed E-state index contributed by atoms with van der Waals surface area (Å²) in [5, 5.41) is 40.3. The van der Waals surface area contributed by atoms with Crippen molar-refractivity contribution in [2.24, 2.45) is 0 Å². The smallest absolute Gasteiger partial charge is 0.323 e. The van der Waals surface area contributed by atoms with E-state index in [9.17, 15) is 29.7 Å². The molecule has 20 nitrogen and oxygen atoms in total. The van der Waals surface area contributed by atoms with Gasteiger partial charge in [0.1, 0.15) is 58.1 Å². The molecule has 0 saturated carbocycles. The Morgan fingerprint density at radius 3 is 1.19 bits per heavy atom. The molecule has 390 valence electrons. The van der Waals surface area contributed by atoms with Crippen LogP contribution in [0.4, 0.5) is 32.3 Å². The van der Waals surface area contributed by atoms with Crippen LogP contribution < -0.4 is 49.7 Å². The number of rotatable bonds is 20. The third-order valence-electron chi connectivity index (χ3n) is 11.0. The van der Waals surface area contributed by atoms with Crippen LogP contribution in [0.5, 0.6) is 46.0 Å². The van der Waals surface area contributed by atoms with Gasteiger partial charge in [0.15, 0.2) is 0 Å². The number of hydrogen-bond acceptors (Lipinski definition) is 15. The first-order chi connectivity index (χ1) is 37.4. The van der Waals surface area contributed by atoms with Crippen LogP contribution >= 0.6 is 0 Å². The summed E-state index contributed by atoms with van der Waals surface area (Å²) in [5.41, 5.74) is 4.15. The van der Waals surface area contributed by atoms with Crippen LogP contribution in [-0.4, -0.2) is 73.6 Å². The van der Waals surface area contributed by atoms with Crippen molar-refractivity contribution in [2.45, 2.75) is 25.7 Å². The minimum Gasteiger partial charge on any atom is -0.497 e. The fourth-order valence-electron chi connectivity index (χ4n) is 7.20. The van der Waals surface area contributed by atoms with E-state index in [0.717, 1.165) is 0 Å². The zero-order valence-electron chi connectivity index (χ0n) is 41.8. The van der Waals surface area contributed by atoms with Gasteiger partial charge in [-0.15, -0.1) is 0 Å². The first-order valence-electron chi connectivity index (χ1n) is 23.6. The SMILES string of the molecule is COC(=O)CCCOc1cc2nccc(Oc3ccc(NC(=O)Nc4ccc(OC)cc4)cc3)c2cc1C#N.COc1ccc(NC(=O)Nc2ccc(Oc3ccnc4cc(OCCCC(=O)O)c(C#N)cc34)cc2)cc1. The van der Waals surface area contributed by atoms with Crippen molar-refractivity contribution in [3.05, 3.63) is 157 Å². The molecule has 0 atom stereocenters. The molecule has 8 rings (SSSR count). The van der Waals surface area contributed by atoms with E-state index in [1.54, 1.807) is 160 Å². The Balaban J connectivity index is 0.000000224. The lowest BCUT2D eigenvalue weighted by Gasteiger charge is -2.12. The van der Waals surface area contributed by atoms with Crippen molar-refractivity contribution in [2.75, 3.05) is 55.8 Å². The minimum absolute atomic E-state index is 0.0205. The number of ether oxygens (including phenoxy) is 7. The Morgan fingerprint density at radius 1 is 0.494 bits per heavy atom. The molecular formula is C57H50N8O12. The maximum Gasteiger partial charge on any atom is 0.323 e. The number of carboxylic acid groups (broad SMARTS) is 1. The topological polar surface area (TPSA) is 275 Å². The standard InChI is InChI=1S/C29H26N4O6.C28H24N4O6/c1-36-22-9-5-20(6-10-22)32-29(35)33-21-7-11-23(12-8-21)39-26-13-14-31-25-17-27(19(18-30)16-24(25)26)38-15-3-4-28(34)37-2;1-36-21-8-4-19(5-9-21)31-28(35)32-20-6-10-22(11-7-20)38-25-12-13-30-24-16-26(18(17-29)15-23(24)25)37-14-2-3-27(33)34/h5-14,16-17H,3-4,15H2,1-2H3,(H2,32,33,35);4-13,15-16H,2-3,14H2,1H3,(H,33,34)(H2,31,32,35). The molecule has 4 amide bonds. The summed E-state index contributed by atoms with van der Waals surface area (Å²) < 4.78 is 38.3. The van der Waals surface area contributed by atoms with Gasteiger partial charge >= 0.3 is 24.0 Å². The molecule has 0 spiro atoms. The van der Waals surface area contributed by atoms with Crippen molar-refractivity contribution in [1.29, 1.82) is 10.5 Å².